The Morgan fingerprint density at radius 2 is 1.74 bits per heavy atom. The summed E-state index contributed by atoms with van der Waals surface area (Å²) in [5.74, 6) is 0.275. The van der Waals surface area contributed by atoms with Gasteiger partial charge in [-0.2, -0.15) is 0 Å². The van der Waals surface area contributed by atoms with Crippen LogP contribution in [0.5, 0.6) is 0 Å². The summed E-state index contributed by atoms with van der Waals surface area (Å²) in [6, 6.07) is 19.7. The fourth-order valence-corrected chi connectivity index (χ4v) is 5.25. The molecule has 2 aliphatic heterocycles. The highest BCUT2D eigenvalue weighted by Crippen LogP contribution is 2.39. The van der Waals surface area contributed by atoms with E-state index in [2.05, 4.69) is 19.1 Å². The van der Waals surface area contributed by atoms with Gasteiger partial charge in [0.1, 0.15) is 5.82 Å². The van der Waals surface area contributed by atoms with Crippen LogP contribution in [0.1, 0.15) is 39.8 Å². The van der Waals surface area contributed by atoms with E-state index in [0.717, 1.165) is 45.6 Å². The van der Waals surface area contributed by atoms with Crippen LogP contribution in [0.3, 0.4) is 0 Å². The minimum atomic E-state index is -1.03. The van der Waals surface area contributed by atoms with Gasteiger partial charge in [-0.25, -0.2) is 9.98 Å². The maximum Gasteiger partial charge on any atom is 0.272 e. The van der Waals surface area contributed by atoms with Crippen molar-refractivity contribution in [2.75, 3.05) is 11.4 Å². The van der Waals surface area contributed by atoms with Gasteiger partial charge in [-0.1, -0.05) is 54.1 Å². The second kappa shape index (κ2) is 7.48. The number of amides is 1. The molecule has 0 saturated heterocycles. The van der Waals surface area contributed by atoms with Gasteiger partial charge in [0.2, 0.25) is 6.17 Å². The van der Waals surface area contributed by atoms with Crippen molar-refractivity contribution in [3.63, 3.8) is 0 Å². The molecule has 6 nitrogen and oxygen atoms in total. The first-order valence-electron chi connectivity index (χ1n) is 11.5. The van der Waals surface area contributed by atoms with E-state index < -0.39 is 6.17 Å². The molecule has 0 N–H and O–H groups in total. The van der Waals surface area contributed by atoms with Crippen LogP contribution in [-0.2, 0) is 11.2 Å². The van der Waals surface area contributed by atoms with Crippen LogP contribution >= 0.6 is 0 Å². The molecule has 168 valence electrons. The predicted molar refractivity (Wildman–Crippen MR) is 134 cm³/mol. The number of fused-ring (bicyclic) bond motifs is 1. The Morgan fingerprint density at radius 3 is 2.53 bits per heavy atom. The molecule has 34 heavy (non-hydrogen) atoms. The Bertz CT molecular complexity index is 1580. The van der Waals surface area contributed by atoms with Gasteiger partial charge in [0.05, 0.1) is 22.3 Å². The highest BCUT2D eigenvalue weighted by molar-refractivity contribution is 6.20. The molecular formula is C28H24N4O2. The van der Waals surface area contributed by atoms with Crippen LogP contribution in [0.4, 0.5) is 5.69 Å². The normalized spacial score (nSPS) is 17.0. The molecule has 0 unspecified atom stereocenters. The molecule has 1 amide bonds. The van der Waals surface area contributed by atoms with Crippen LogP contribution in [-0.4, -0.2) is 27.7 Å². The van der Waals surface area contributed by atoms with Crippen LogP contribution in [0.2, 0.25) is 0 Å². The number of aromatic nitrogens is 2. The molecule has 0 radical (unpaired) electrons. The monoisotopic (exact) mass is 448 g/mol. The lowest BCUT2D eigenvalue weighted by molar-refractivity contribution is -0.121. The summed E-state index contributed by atoms with van der Waals surface area (Å²) in [6.45, 7) is 6.35. The molecule has 6 rings (SSSR count). The molecule has 0 saturated carbocycles. The minimum absolute atomic E-state index is 0.200. The summed E-state index contributed by atoms with van der Waals surface area (Å²) in [4.78, 5) is 39.2. The average Bonchev–Trinajstić information content (AvgIpc) is 3.20. The van der Waals surface area contributed by atoms with Crippen molar-refractivity contribution in [2.24, 2.45) is 4.99 Å². The number of carbonyl (C=O) groups is 1. The average molecular weight is 449 g/mol. The lowest BCUT2D eigenvalue weighted by Gasteiger charge is -2.23. The lowest BCUT2D eigenvalue weighted by Crippen LogP contribution is -2.39. The number of benzene rings is 3. The van der Waals surface area contributed by atoms with E-state index >= 15 is 0 Å². The molecule has 0 bridgehead atoms. The third-order valence-electron chi connectivity index (χ3n) is 6.80. The van der Waals surface area contributed by atoms with E-state index in [0.29, 0.717) is 23.3 Å². The van der Waals surface area contributed by atoms with Crippen LogP contribution in [0.15, 0.2) is 70.5 Å². The number of hydrogen-bond acceptors (Lipinski definition) is 4. The molecule has 0 spiro atoms. The molecule has 3 heterocycles. The zero-order valence-electron chi connectivity index (χ0n) is 19.4. The van der Waals surface area contributed by atoms with Gasteiger partial charge < -0.3 is 4.90 Å². The third kappa shape index (κ3) is 2.95. The standard InChI is InChI=1S/C28H24N4O2/c1-16-14-20-12-13-31-25(20)22(15-16)24(19-9-5-4-6-10-19)30-26(28(31)34)32-18(3)29-23-17(2)8-7-11-21(23)27(32)33/h4-11,14-15,26H,12-13H2,1-3H3/t26-/m0/s1. The summed E-state index contributed by atoms with van der Waals surface area (Å²) in [6.07, 6.45) is -0.244. The van der Waals surface area contributed by atoms with Crippen molar-refractivity contribution < 1.29 is 4.79 Å². The van der Waals surface area contributed by atoms with Gasteiger partial charge in [0.15, 0.2) is 0 Å². The third-order valence-corrected chi connectivity index (χ3v) is 6.80. The summed E-state index contributed by atoms with van der Waals surface area (Å²) in [7, 11) is 0. The van der Waals surface area contributed by atoms with Gasteiger partial charge in [0, 0.05) is 17.7 Å². The second-order valence-corrected chi connectivity index (χ2v) is 9.08. The highest BCUT2D eigenvalue weighted by Gasteiger charge is 2.38. The number of anilines is 1. The number of carbonyl (C=O) groups excluding carboxylic acids is 1. The molecular weight excluding hydrogens is 424 g/mol. The Labute approximate surface area is 197 Å². The van der Waals surface area contributed by atoms with Gasteiger partial charge in [-0.05, 0) is 50.5 Å². The van der Waals surface area contributed by atoms with Crippen molar-refractivity contribution >= 4 is 28.2 Å². The molecule has 0 fully saturated rings. The lowest BCUT2D eigenvalue weighted by atomic mass is 9.96. The van der Waals surface area contributed by atoms with E-state index in [1.165, 1.54) is 4.57 Å². The quantitative estimate of drug-likeness (QED) is 0.460. The maximum atomic E-state index is 14.0. The molecule has 6 heteroatoms. The first kappa shape index (κ1) is 20.5. The van der Waals surface area contributed by atoms with Gasteiger partial charge in [-0.15, -0.1) is 0 Å². The second-order valence-electron chi connectivity index (χ2n) is 9.08. The van der Waals surface area contributed by atoms with E-state index in [1.54, 1.807) is 17.9 Å². The van der Waals surface area contributed by atoms with E-state index in [4.69, 9.17) is 9.98 Å². The van der Waals surface area contributed by atoms with Gasteiger partial charge in [-0.3, -0.25) is 14.2 Å². The maximum absolute atomic E-state index is 14.0. The van der Waals surface area contributed by atoms with Crippen LogP contribution < -0.4 is 10.5 Å². The fourth-order valence-electron chi connectivity index (χ4n) is 5.25. The van der Waals surface area contributed by atoms with Crippen LogP contribution in [0.25, 0.3) is 10.9 Å². The number of aliphatic imine (C=N–C) groups is 1. The smallest absolute Gasteiger partial charge is 0.272 e. The minimum Gasteiger partial charge on any atom is -0.308 e. The summed E-state index contributed by atoms with van der Waals surface area (Å²) in [5.41, 5.74) is 7.10. The number of nitrogens with zero attached hydrogens (tertiary/aromatic N) is 4. The van der Waals surface area contributed by atoms with Crippen molar-refractivity contribution in [3.8, 4) is 0 Å². The zero-order chi connectivity index (χ0) is 23.6. The number of rotatable bonds is 2. The molecule has 4 aromatic rings. The SMILES string of the molecule is Cc1cc2c3c(c1)C(c1ccccc1)=N[C@@H](n1c(C)nc4c(C)cccc4c1=O)C(=O)N3CC2. The van der Waals surface area contributed by atoms with Crippen molar-refractivity contribution in [1.29, 1.82) is 0 Å². The number of para-hydroxylation sites is 1. The molecule has 1 aromatic heterocycles. The number of aryl methyl sites for hydroxylation is 3. The first-order valence-corrected chi connectivity index (χ1v) is 11.5. The highest BCUT2D eigenvalue weighted by atomic mass is 16.2. The van der Waals surface area contributed by atoms with Crippen molar-refractivity contribution in [2.45, 2.75) is 33.4 Å². The Morgan fingerprint density at radius 1 is 0.941 bits per heavy atom. The van der Waals surface area contributed by atoms with Crippen LogP contribution in [0, 0.1) is 20.8 Å². The van der Waals surface area contributed by atoms with Crippen molar-refractivity contribution in [1.82, 2.24) is 9.55 Å². The topological polar surface area (TPSA) is 67.6 Å². The van der Waals surface area contributed by atoms with Crippen molar-refractivity contribution in [3.05, 3.63) is 105 Å². The van der Waals surface area contributed by atoms with E-state index in [9.17, 15) is 9.59 Å². The first-order chi connectivity index (χ1) is 16.4. The summed E-state index contributed by atoms with van der Waals surface area (Å²) in [5, 5.41) is 0.495. The molecule has 2 aliphatic rings. The van der Waals surface area contributed by atoms with E-state index in [1.807, 2.05) is 49.4 Å². The predicted octanol–water partition coefficient (Wildman–Crippen LogP) is 4.26. The molecule has 1 atom stereocenters. The Hall–Kier alpha value is -4.06. The summed E-state index contributed by atoms with van der Waals surface area (Å²) >= 11 is 0. The Balaban J connectivity index is 1.67. The fraction of sp³-hybridized carbons (Fsp3) is 0.214. The molecule has 0 aliphatic carbocycles. The van der Waals surface area contributed by atoms with Gasteiger partial charge >= 0.3 is 0 Å². The van der Waals surface area contributed by atoms with Gasteiger partial charge in [0.25, 0.3) is 11.5 Å². The number of hydrogen-bond donors (Lipinski definition) is 0. The Kier molecular flexibility index (Phi) is 4.52. The zero-order valence-corrected chi connectivity index (χ0v) is 19.4. The summed E-state index contributed by atoms with van der Waals surface area (Å²) < 4.78 is 1.46. The van der Waals surface area contributed by atoms with E-state index in [-0.39, 0.29) is 11.5 Å². The molecule has 3 aromatic carbocycles. The largest absolute Gasteiger partial charge is 0.308 e.